The molecule has 0 saturated heterocycles. The molecule has 2 atom stereocenters. The molecule has 0 spiro atoms. The summed E-state index contributed by atoms with van der Waals surface area (Å²) in [7, 11) is 0. The molecule has 1 aromatic heterocycles. The van der Waals surface area contributed by atoms with E-state index in [-0.39, 0.29) is 12.1 Å². The van der Waals surface area contributed by atoms with Crippen LogP contribution in [0.3, 0.4) is 0 Å². The summed E-state index contributed by atoms with van der Waals surface area (Å²) in [5, 5.41) is 2.06. The van der Waals surface area contributed by atoms with Gasteiger partial charge in [-0.05, 0) is 40.0 Å². The van der Waals surface area contributed by atoms with E-state index in [1.807, 2.05) is 18.2 Å². The Balaban J connectivity index is 2.11. The van der Waals surface area contributed by atoms with Crippen LogP contribution in [0.2, 0.25) is 0 Å². The van der Waals surface area contributed by atoms with Crippen LogP contribution in [0, 0.1) is 0 Å². The minimum absolute atomic E-state index is 0.00281. The fourth-order valence-corrected chi connectivity index (χ4v) is 3.87. The molecule has 0 fully saturated rings. The van der Waals surface area contributed by atoms with Gasteiger partial charge in [0.05, 0.1) is 6.61 Å². The number of hydrogen-bond acceptors (Lipinski definition) is 3. The van der Waals surface area contributed by atoms with Crippen LogP contribution in [0.25, 0.3) is 0 Å². The van der Waals surface area contributed by atoms with Crippen LogP contribution in [0.5, 0.6) is 0 Å². The number of nitrogens with two attached hydrogens (primary N) is 1. The zero-order valence-electron chi connectivity index (χ0n) is 11.2. The predicted octanol–water partition coefficient (Wildman–Crippen LogP) is 5.27. The van der Waals surface area contributed by atoms with Crippen LogP contribution < -0.4 is 5.73 Å². The molecule has 2 nitrogen and oxygen atoms in total. The van der Waals surface area contributed by atoms with Gasteiger partial charge in [-0.25, -0.2) is 0 Å². The highest BCUT2D eigenvalue weighted by molar-refractivity contribution is 9.10. The van der Waals surface area contributed by atoms with E-state index in [9.17, 15) is 0 Å². The Morgan fingerprint density at radius 2 is 2.05 bits per heavy atom. The molecule has 0 radical (unpaired) electrons. The average Bonchev–Trinajstić information content (AvgIpc) is 2.87. The number of ether oxygens (including phenoxy) is 1. The van der Waals surface area contributed by atoms with Gasteiger partial charge in [-0.1, -0.05) is 41.1 Å². The molecule has 5 heteroatoms. The number of rotatable bonds is 6. The summed E-state index contributed by atoms with van der Waals surface area (Å²) >= 11 is 8.71. The lowest BCUT2D eigenvalue weighted by molar-refractivity contribution is 0.0233. The quantitative estimate of drug-likeness (QED) is 0.693. The van der Waals surface area contributed by atoms with Gasteiger partial charge in [0.25, 0.3) is 0 Å². The van der Waals surface area contributed by atoms with Crippen molar-refractivity contribution in [3.63, 3.8) is 0 Å². The van der Waals surface area contributed by atoms with E-state index in [1.165, 1.54) is 4.88 Å². The van der Waals surface area contributed by atoms with Crippen molar-refractivity contribution in [2.75, 3.05) is 0 Å². The first kappa shape index (κ1) is 16.2. The molecule has 2 aromatic rings. The largest absolute Gasteiger partial charge is 0.366 e. The van der Waals surface area contributed by atoms with Crippen LogP contribution in [0.1, 0.15) is 29.9 Å². The van der Waals surface area contributed by atoms with E-state index >= 15 is 0 Å². The minimum atomic E-state index is -0.0663. The van der Waals surface area contributed by atoms with Gasteiger partial charge >= 0.3 is 0 Å². The van der Waals surface area contributed by atoms with Gasteiger partial charge in [-0.2, -0.15) is 0 Å². The summed E-state index contributed by atoms with van der Waals surface area (Å²) in [5.74, 6) is 0. The van der Waals surface area contributed by atoms with Crippen LogP contribution in [0.4, 0.5) is 0 Å². The van der Waals surface area contributed by atoms with Crippen LogP contribution in [0.15, 0.2) is 44.7 Å². The molecule has 0 amide bonds. The van der Waals surface area contributed by atoms with E-state index in [2.05, 4.69) is 56.3 Å². The van der Waals surface area contributed by atoms with Crippen LogP contribution in [-0.4, -0.2) is 6.04 Å². The maximum Gasteiger partial charge on any atom is 0.107 e. The standard InChI is InChI=1S/C15H17Br2NOS/c1-2-13(18)15(14-7-11(16)9-20-14)19-8-10-5-3-4-6-12(10)17/h3-7,9,13,15H,2,8,18H2,1H3. The Bertz CT molecular complexity index is 558. The van der Waals surface area contributed by atoms with Crippen LogP contribution >= 0.6 is 43.2 Å². The summed E-state index contributed by atoms with van der Waals surface area (Å²) in [5.41, 5.74) is 7.35. The van der Waals surface area contributed by atoms with Gasteiger partial charge < -0.3 is 10.5 Å². The Morgan fingerprint density at radius 3 is 2.65 bits per heavy atom. The number of hydrogen-bond donors (Lipinski definition) is 1. The molecule has 0 aliphatic carbocycles. The number of halogens is 2. The summed E-state index contributed by atoms with van der Waals surface area (Å²) in [4.78, 5) is 1.17. The molecule has 2 rings (SSSR count). The third-order valence-corrected chi connectivity index (χ3v) is 5.63. The highest BCUT2D eigenvalue weighted by Crippen LogP contribution is 2.31. The Hall–Kier alpha value is -0.200. The molecule has 108 valence electrons. The average molecular weight is 419 g/mol. The lowest BCUT2D eigenvalue weighted by atomic mass is 10.1. The molecular formula is C15H17Br2NOS. The van der Waals surface area contributed by atoms with Crippen molar-refractivity contribution in [3.05, 3.63) is 55.1 Å². The van der Waals surface area contributed by atoms with Crippen LogP contribution in [-0.2, 0) is 11.3 Å². The number of benzene rings is 1. The summed E-state index contributed by atoms with van der Waals surface area (Å²) in [6, 6.07) is 10.2. The number of thiophene rings is 1. The summed E-state index contributed by atoms with van der Waals surface area (Å²) in [6.07, 6.45) is 0.819. The normalized spacial score (nSPS) is 14.2. The van der Waals surface area contributed by atoms with Gasteiger partial charge in [0.15, 0.2) is 0 Å². The predicted molar refractivity (Wildman–Crippen MR) is 92.0 cm³/mol. The summed E-state index contributed by atoms with van der Waals surface area (Å²) < 4.78 is 8.24. The van der Waals surface area contributed by atoms with Crippen molar-refractivity contribution < 1.29 is 4.74 Å². The lowest BCUT2D eigenvalue weighted by Gasteiger charge is -2.22. The van der Waals surface area contributed by atoms with Gasteiger partial charge in [-0.3, -0.25) is 0 Å². The second-order valence-electron chi connectivity index (χ2n) is 4.56. The molecular weight excluding hydrogens is 402 g/mol. The van der Waals surface area contributed by atoms with E-state index < -0.39 is 0 Å². The second-order valence-corrected chi connectivity index (χ2v) is 7.28. The van der Waals surface area contributed by atoms with Gasteiger partial charge in [0.2, 0.25) is 0 Å². The maximum atomic E-state index is 6.22. The fraction of sp³-hybridized carbons (Fsp3) is 0.333. The van der Waals surface area contributed by atoms with Crippen molar-refractivity contribution in [1.82, 2.24) is 0 Å². The molecule has 2 N–H and O–H groups in total. The Kier molecular flexibility index (Phi) is 6.23. The topological polar surface area (TPSA) is 35.2 Å². The molecule has 0 saturated carbocycles. The molecule has 2 unspecified atom stereocenters. The monoisotopic (exact) mass is 417 g/mol. The third kappa shape index (κ3) is 4.15. The fourth-order valence-electron chi connectivity index (χ4n) is 1.90. The molecule has 0 aliphatic heterocycles. The zero-order valence-corrected chi connectivity index (χ0v) is 15.2. The van der Waals surface area contributed by atoms with E-state index in [4.69, 9.17) is 10.5 Å². The lowest BCUT2D eigenvalue weighted by Crippen LogP contribution is -2.29. The minimum Gasteiger partial charge on any atom is -0.366 e. The molecule has 1 heterocycles. The van der Waals surface area contributed by atoms with Crippen molar-refractivity contribution >= 4 is 43.2 Å². The molecule has 0 bridgehead atoms. The summed E-state index contributed by atoms with van der Waals surface area (Å²) in [6.45, 7) is 2.64. The Labute approximate surface area is 140 Å². The third-order valence-electron chi connectivity index (χ3n) is 3.10. The SMILES string of the molecule is CCC(N)C(OCc1ccccc1Br)c1cc(Br)cs1. The van der Waals surface area contributed by atoms with E-state index in [0.29, 0.717) is 6.61 Å². The van der Waals surface area contributed by atoms with Gasteiger partial charge in [0.1, 0.15) is 6.10 Å². The molecule has 0 aliphatic rings. The first-order valence-electron chi connectivity index (χ1n) is 6.46. The molecule has 20 heavy (non-hydrogen) atoms. The van der Waals surface area contributed by atoms with Crippen molar-refractivity contribution in [2.24, 2.45) is 5.73 Å². The highest BCUT2D eigenvalue weighted by Gasteiger charge is 2.21. The Morgan fingerprint density at radius 1 is 1.30 bits per heavy atom. The maximum absolute atomic E-state index is 6.22. The van der Waals surface area contributed by atoms with Crippen molar-refractivity contribution in [1.29, 1.82) is 0 Å². The first-order valence-corrected chi connectivity index (χ1v) is 8.93. The zero-order chi connectivity index (χ0) is 14.5. The van der Waals surface area contributed by atoms with Gasteiger partial charge in [0, 0.05) is 25.2 Å². The first-order chi connectivity index (χ1) is 9.61. The van der Waals surface area contributed by atoms with Crippen molar-refractivity contribution in [3.8, 4) is 0 Å². The smallest absolute Gasteiger partial charge is 0.107 e. The highest BCUT2D eigenvalue weighted by atomic mass is 79.9. The van der Waals surface area contributed by atoms with E-state index in [1.54, 1.807) is 11.3 Å². The molecule has 1 aromatic carbocycles. The van der Waals surface area contributed by atoms with Gasteiger partial charge in [-0.15, -0.1) is 11.3 Å². The van der Waals surface area contributed by atoms with E-state index in [0.717, 1.165) is 20.9 Å². The van der Waals surface area contributed by atoms with Crippen molar-refractivity contribution in [2.45, 2.75) is 32.1 Å². The second kappa shape index (κ2) is 7.71.